The van der Waals surface area contributed by atoms with Crippen molar-refractivity contribution in [3.63, 3.8) is 0 Å². The molecule has 1 aromatic carbocycles. The van der Waals surface area contributed by atoms with Gasteiger partial charge in [0.2, 0.25) is 0 Å². The molecule has 1 amide bonds. The fraction of sp³-hybridized carbons (Fsp3) is 0.235. The Balaban J connectivity index is 1.57. The zero-order valence-corrected chi connectivity index (χ0v) is 15.9. The van der Waals surface area contributed by atoms with Gasteiger partial charge >= 0.3 is 5.97 Å². The van der Waals surface area contributed by atoms with Gasteiger partial charge in [0.15, 0.2) is 6.61 Å². The largest absolute Gasteiger partial charge is 0.452 e. The smallest absolute Gasteiger partial charge is 0.340 e. The van der Waals surface area contributed by atoms with E-state index in [0.29, 0.717) is 10.7 Å². The molecule has 0 spiro atoms. The Labute approximate surface area is 161 Å². The van der Waals surface area contributed by atoms with Crippen LogP contribution in [0.25, 0.3) is 0 Å². The van der Waals surface area contributed by atoms with Gasteiger partial charge in [-0.1, -0.05) is 17.7 Å². The summed E-state index contributed by atoms with van der Waals surface area (Å²) in [5.74, 6) is -1.09. The highest BCUT2D eigenvalue weighted by atomic mass is 35.5. The van der Waals surface area contributed by atoms with Crippen LogP contribution in [0, 0.1) is 6.92 Å². The topological polar surface area (TPSA) is 105 Å². The lowest BCUT2D eigenvalue weighted by molar-refractivity contribution is -0.143. The summed E-state index contributed by atoms with van der Waals surface area (Å²) < 4.78 is 31.6. The van der Waals surface area contributed by atoms with E-state index in [9.17, 15) is 18.0 Å². The summed E-state index contributed by atoms with van der Waals surface area (Å²) in [5, 5.41) is 3.11. The second-order valence-electron chi connectivity index (χ2n) is 5.93. The molecule has 2 heterocycles. The molecule has 0 unspecified atom stereocenters. The second kappa shape index (κ2) is 7.53. The van der Waals surface area contributed by atoms with Crippen molar-refractivity contribution in [2.45, 2.75) is 6.92 Å². The summed E-state index contributed by atoms with van der Waals surface area (Å²) in [6.45, 7) is 1.57. The number of aryl methyl sites for hydroxylation is 1. The molecule has 27 heavy (non-hydrogen) atoms. The van der Waals surface area contributed by atoms with Crippen molar-refractivity contribution in [2.75, 3.05) is 24.2 Å². The zero-order chi connectivity index (χ0) is 19.6. The maximum absolute atomic E-state index is 12.1. The van der Waals surface area contributed by atoms with E-state index in [2.05, 4.69) is 9.71 Å². The van der Waals surface area contributed by atoms with E-state index in [0.717, 1.165) is 5.56 Å². The average Bonchev–Trinajstić information content (AvgIpc) is 2.61. The van der Waals surface area contributed by atoms with Gasteiger partial charge in [-0.05, 0) is 36.8 Å². The predicted octanol–water partition coefficient (Wildman–Crippen LogP) is 1.63. The molecule has 0 fully saturated rings. The van der Waals surface area contributed by atoms with Crippen LogP contribution in [0.15, 0.2) is 46.5 Å². The van der Waals surface area contributed by atoms with Crippen LogP contribution in [-0.4, -0.2) is 49.9 Å². The van der Waals surface area contributed by atoms with Crippen LogP contribution < -0.4 is 5.32 Å². The number of anilines is 1. The molecule has 0 aliphatic carbocycles. The van der Waals surface area contributed by atoms with E-state index in [4.69, 9.17) is 16.3 Å². The number of hydrogen-bond donors (Lipinski definition) is 1. The van der Waals surface area contributed by atoms with Crippen molar-refractivity contribution in [1.82, 2.24) is 4.90 Å². The molecule has 0 atom stereocenters. The Bertz CT molecular complexity index is 998. The Hall–Kier alpha value is -2.65. The third-order valence-electron chi connectivity index (χ3n) is 3.85. The maximum Gasteiger partial charge on any atom is 0.340 e. The van der Waals surface area contributed by atoms with Gasteiger partial charge in [0.05, 0.1) is 11.3 Å². The van der Waals surface area contributed by atoms with Crippen molar-refractivity contribution in [3.8, 4) is 0 Å². The Morgan fingerprint density at radius 1 is 1.33 bits per heavy atom. The number of rotatable bonds is 4. The van der Waals surface area contributed by atoms with Crippen LogP contribution in [0.3, 0.4) is 0 Å². The number of sulfonamides is 1. The Kier molecular flexibility index (Phi) is 5.33. The van der Waals surface area contributed by atoms with Gasteiger partial charge in [0.25, 0.3) is 15.9 Å². The number of ether oxygens (including phenoxy) is 1. The molecule has 0 bridgehead atoms. The highest BCUT2D eigenvalue weighted by molar-refractivity contribution is 7.90. The van der Waals surface area contributed by atoms with Gasteiger partial charge in [0, 0.05) is 23.5 Å². The SMILES string of the molecule is Cc1ccc(NC(=O)COC(=O)C2=CN3CCS(=O)(=O)N=C3C=C2)cc1Cl. The number of nitrogens with zero attached hydrogens (tertiary/aromatic N) is 2. The zero-order valence-electron chi connectivity index (χ0n) is 14.3. The number of nitrogens with one attached hydrogen (secondary N) is 1. The first-order chi connectivity index (χ1) is 12.7. The first kappa shape index (κ1) is 19.1. The van der Waals surface area contributed by atoms with Gasteiger partial charge in [0.1, 0.15) is 5.84 Å². The number of amides is 1. The molecule has 0 aromatic heterocycles. The molecule has 1 aromatic rings. The molecule has 0 saturated heterocycles. The number of amidine groups is 1. The summed E-state index contributed by atoms with van der Waals surface area (Å²) in [7, 11) is -3.46. The Morgan fingerprint density at radius 2 is 2.11 bits per heavy atom. The van der Waals surface area contributed by atoms with Gasteiger partial charge in [-0.25, -0.2) is 13.2 Å². The first-order valence-corrected chi connectivity index (χ1v) is 9.94. The van der Waals surface area contributed by atoms with E-state index in [1.54, 1.807) is 23.1 Å². The maximum atomic E-state index is 12.1. The molecule has 3 rings (SSSR count). The third-order valence-corrected chi connectivity index (χ3v) is 5.42. The molecular formula is C17H16ClN3O5S. The van der Waals surface area contributed by atoms with Crippen LogP contribution in [0.1, 0.15) is 5.56 Å². The third kappa shape index (κ3) is 4.75. The molecule has 0 saturated carbocycles. The first-order valence-electron chi connectivity index (χ1n) is 7.96. The molecule has 10 heteroatoms. The summed E-state index contributed by atoms with van der Waals surface area (Å²) in [6.07, 6.45) is 4.27. The quantitative estimate of drug-likeness (QED) is 0.758. The summed E-state index contributed by atoms with van der Waals surface area (Å²) in [5.41, 5.74) is 1.57. The minimum atomic E-state index is -3.46. The molecular weight excluding hydrogens is 394 g/mol. The van der Waals surface area contributed by atoms with Gasteiger partial charge < -0.3 is 15.0 Å². The van der Waals surface area contributed by atoms with Crippen molar-refractivity contribution in [3.05, 3.63) is 52.7 Å². The molecule has 0 radical (unpaired) electrons. The lowest BCUT2D eigenvalue weighted by atomic mass is 10.2. The van der Waals surface area contributed by atoms with E-state index in [1.807, 2.05) is 6.92 Å². The van der Waals surface area contributed by atoms with E-state index < -0.39 is 28.5 Å². The van der Waals surface area contributed by atoms with Crippen LogP contribution in [0.4, 0.5) is 5.69 Å². The lowest BCUT2D eigenvalue weighted by Gasteiger charge is -2.26. The van der Waals surface area contributed by atoms with Crippen molar-refractivity contribution >= 4 is 45.0 Å². The summed E-state index contributed by atoms with van der Waals surface area (Å²) >= 11 is 6.00. The fourth-order valence-electron chi connectivity index (χ4n) is 2.40. The molecule has 8 nitrogen and oxygen atoms in total. The van der Waals surface area contributed by atoms with Crippen LogP contribution in [0.2, 0.25) is 5.02 Å². The number of fused-ring (bicyclic) bond motifs is 1. The van der Waals surface area contributed by atoms with E-state index in [1.165, 1.54) is 18.4 Å². The minimum Gasteiger partial charge on any atom is -0.452 e. The van der Waals surface area contributed by atoms with Crippen molar-refractivity contribution < 1.29 is 22.7 Å². The molecule has 2 aliphatic rings. The molecule has 1 N–H and O–H groups in total. The van der Waals surface area contributed by atoms with Crippen LogP contribution in [0.5, 0.6) is 0 Å². The van der Waals surface area contributed by atoms with Crippen LogP contribution >= 0.6 is 11.6 Å². The number of halogens is 1. The Morgan fingerprint density at radius 3 is 2.85 bits per heavy atom. The highest BCUT2D eigenvalue weighted by Crippen LogP contribution is 2.20. The van der Waals surface area contributed by atoms with Crippen molar-refractivity contribution in [2.24, 2.45) is 4.40 Å². The van der Waals surface area contributed by atoms with Gasteiger partial charge in [-0.15, -0.1) is 4.40 Å². The standard InChI is InChI=1S/C17H16ClN3O5S/c1-11-2-4-13(8-14(11)18)19-16(22)10-26-17(23)12-3-5-15-20-27(24,25)7-6-21(15)9-12/h2-5,8-9H,6-7,10H2,1H3,(H,19,22). The summed E-state index contributed by atoms with van der Waals surface area (Å²) in [6, 6.07) is 5.06. The van der Waals surface area contributed by atoms with Gasteiger partial charge in [-0.2, -0.15) is 0 Å². The monoisotopic (exact) mass is 409 g/mol. The number of benzene rings is 1. The normalized spacial score (nSPS) is 17.5. The second-order valence-corrected chi connectivity index (χ2v) is 8.10. The minimum absolute atomic E-state index is 0.134. The van der Waals surface area contributed by atoms with E-state index in [-0.39, 0.29) is 23.7 Å². The lowest BCUT2D eigenvalue weighted by Crippen LogP contribution is -2.37. The highest BCUT2D eigenvalue weighted by Gasteiger charge is 2.25. The van der Waals surface area contributed by atoms with E-state index >= 15 is 0 Å². The van der Waals surface area contributed by atoms with Gasteiger partial charge in [-0.3, -0.25) is 4.79 Å². The van der Waals surface area contributed by atoms with Crippen molar-refractivity contribution in [1.29, 1.82) is 0 Å². The number of esters is 1. The number of carbonyl (C=O) groups excluding carboxylic acids is 2. The average molecular weight is 410 g/mol. The van der Waals surface area contributed by atoms with Crippen LogP contribution in [-0.2, 0) is 24.3 Å². The summed E-state index contributed by atoms with van der Waals surface area (Å²) in [4.78, 5) is 25.6. The fourth-order valence-corrected chi connectivity index (χ4v) is 3.55. The molecule has 142 valence electrons. The number of carbonyl (C=O) groups is 2. The molecule has 2 aliphatic heterocycles. The number of hydrogen-bond acceptors (Lipinski definition) is 6. The predicted molar refractivity (Wildman–Crippen MR) is 101 cm³/mol.